The summed E-state index contributed by atoms with van der Waals surface area (Å²) in [7, 11) is 0. The van der Waals surface area contributed by atoms with Crippen LogP contribution in [0.3, 0.4) is 0 Å². The van der Waals surface area contributed by atoms with E-state index in [9.17, 15) is 9.59 Å². The Bertz CT molecular complexity index is 710. The second kappa shape index (κ2) is 7.90. The van der Waals surface area contributed by atoms with Gasteiger partial charge >= 0.3 is 0 Å². The second-order valence-corrected chi connectivity index (χ2v) is 8.03. The molecular formula is C17H19N3O2S2. The van der Waals surface area contributed by atoms with Crippen molar-refractivity contribution in [3.8, 4) is 0 Å². The summed E-state index contributed by atoms with van der Waals surface area (Å²) in [6.45, 7) is 1.52. The van der Waals surface area contributed by atoms with Gasteiger partial charge in [-0.25, -0.2) is 9.97 Å². The number of thioether (sulfide) groups is 1. The van der Waals surface area contributed by atoms with E-state index in [-0.39, 0.29) is 17.7 Å². The number of carbonyl (C=O) groups is 2. The zero-order chi connectivity index (χ0) is 16.9. The Morgan fingerprint density at radius 3 is 2.54 bits per heavy atom. The van der Waals surface area contributed by atoms with E-state index in [1.165, 1.54) is 18.3 Å². The van der Waals surface area contributed by atoms with E-state index >= 15 is 0 Å². The monoisotopic (exact) mass is 361 g/mol. The van der Waals surface area contributed by atoms with Gasteiger partial charge < -0.3 is 5.32 Å². The molecule has 1 amide bonds. The van der Waals surface area contributed by atoms with Gasteiger partial charge in [0.05, 0.1) is 10.4 Å². The molecule has 2 heterocycles. The lowest BCUT2D eigenvalue weighted by Crippen LogP contribution is -2.38. The molecule has 7 heteroatoms. The summed E-state index contributed by atoms with van der Waals surface area (Å²) in [5, 5.41) is 6.16. The van der Waals surface area contributed by atoms with Gasteiger partial charge in [-0.05, 0) is 44.7 Å². The van der Waals surface area contributed by atoms with Crippen LogP contribution in [0.5, 0.6) is 0 Å². The number of hydrogen-bond donors (Lipinski definition) is 1. The fourth-order valence-electron chi connectivity index (χ4n) is 2.73. The Labute approximate surface area is 149 Å². The molecule has 1 aliphatic rings. The maximum absolute atomic E-state index is 12.3. The highest BCUT2D eigenvalue weighted by atomic mass is 32.2. The van der Waals surface area contributed by atoms with Crippen LogP contribution in [0.15, 0.2) is 35.1 Å². The molecule has 0 saturated heterocycles. The number of nitrogens with one attached hydrogen (secondary N) is 1. The number of nitrogens with zero attached hydrogens (tertiary/aromatic N) is 2. The summed E-state index contributed by atoms with van der Waals surface area (Å²) in [5.74, 6) is -0.0824. The predicted molar refractivity (Wildman–Crippen MR) is 95.7 cm³/mol. The van der Waals surface area contributed by atoms with Crippen LogP contribution >= 0.6 is 23.1 Å². The highest BCUT2D eigenvalue weighted by Crippen LogP contribution is 2.32. The van der Waals surface area contributed by atoms with Crippen molar-refractivity contribution in [2.45, 2.75) is 49.1 Å². The van der Waals surface area contributed by atoms with Gasteiger partial charge in [0.1, 0.15) is 0 Å². The molecule has 1 N–H and O–H groups in total. The van der Waals surface area contributed by atoms with Crippen LogP contribution in [-0.4, -0.2) is 33.0 Å². The van der Waals surface area contributed by atoms with Crippen LogP contribution in [0.2, 0.25) is 0 Å². The average molecular weight is 361 g/mol. The Kier molecular flexibility index (Phi) is 5.63. The maximum atomic E-state index is 12.3. The van der Waals surface area contributed by atoms with Gasteiger partial charge in [-0.2, -0.15) is 0 Å². The first-order valence-corrected chi connectivity index (χ1v) is 9.72. The average Bonchev–Trinajstić information content (AvgIpc) is 3.08. The minimum Gasteiger partial charge on any atom is -0.349 e. The van der Waals surface area contributed by atoms with E-state index < -0.39 is 0 Å². The summed E-state index contributed by atoms with van der Waals surface area (Å²) in [6, 6.07) is 3.70. The number of ketones is 1. The molecule has 0 unspecified atom stereocenters. The zero-order valence-corrected chi connectivity index (χ0v) is 15.0. The largest absolute Gasteiger partial charge is 0.349 e. The number of Topliss-reactive ketones (excluding diaryl/α,β-unsaturated/α-hetero) is 1. The van der Waals surface area contributed by atoms with E-state index in [0.29, 0.717) is 15.7 Å². The van der Waals surface area contributed by atoms with Crippen LogP contribution in [0.4, 0.5) is 0 Å². The lowest BCUT2D eigenvalue weighted by atomic mass is 9.95. The van der Waals surface area contributed by atoms with Crippen molar-refractivity contribution < 1.29 is 9.59 Å². The van der Waals surface area contributed by atoms with Gasteiger partial charge in [-0.15, -0.1) is 11.3 Å². The number of amides is 1. The maximum Gasteiger partial charge on any atom is 0.252 e. The van der Waals surface area contributed by atoms with Crippen molar-refractivity contribution in [3.05, 3.63) is 40.3 Å². The van der Waals surface area contributed by atoms with E-state index in [4.69, 9.17) is 0 Å². The van der Waals surface area contributed by atoms with Crippen molar-refractivity contribution >= 4 is 34.8 Å². The van der Waals surface area contributed by atoms with E-state index in [2.05, 4.69) is 15.3 Å². The van der Waals surface area contributed by atoms with Crippen LogP contribution in [0, 0.1) is 0 Å². The molecule has 0 aromatic carbocycles. The Balaban J connectivity index is 1.48. The van der Waals surface area contributed by atoms with E-state index in [0.717, 1.165) is 30.8 Å². The third-order valence-corrected chi connectivity index (χ3v) is 6.29. The lowest BCUT2D eigenvalue weighted by Gasteiger charge is -2.28. The highest BCUT2D eigenvalue weighted by Gasteiger charge is 2.24. The van der Waals surface area contributed by atoms with Crippen molar-refractivity contribution in [2.24, 2.45) is 0 Å². The van der Waals surface area contributed by atoms with Crippen molar-refractivity contribution in [1.82, 2.24) is 15.3 Å². The normalized spacial score (nSPS) is 20.5. The van der Waals surface area contributed by atoms with Crippen LogP contribution < -0.4 is 5.32 Å². The third-order valence-electron chi connectivity index (χ3n) is 4.03. The van der Waals surface area contributed by atoms with Crippen molar-refractivity contribution in [1.29, 1.82) is 0 Å². The molecule has 1 aliphatic carbocycles. The van der Waals surface area contributed by atoms with Gasteiger partial charge in [-0.3, -0.25) is 9.59 Å². The number of aromatic nitrogens is 2. The highest BCUT2D eigenvalue weighted by molar-refractivity contribution is 7.99. The summed E-state index contributed by atoms with van der Waals surface area (Å²) in [6.07, 6.45) is 7.51. The van der Waals surface area contributed by atoms with Gasteiger partial charge in [0.2, 0.25) is 0 Å². The molecule has 0 aliphatic heterocycles. The topological polar surface area (TPSA) is 72.0 Å². The summed E-state index contributed by atoms with van der Waals surface area (Å²) < 4.78 is 0. The summed E-state index contributed by atoms with van der Waals surface area (Å²) in [4.78, 5) is 32.7. The fourth-order valence-corrected chi connectivity index (χ4v) is 4.57. The van der Waals surface area contributed by atoms with Gasteiger partial charge in [0.25, 0.3) is 5.91 Å². The van der Waals surface area contributed by atoms with Crippen molar-refractivity contribution in [2.75, 3.05) is 0 Å². The Hall–Kier alpha value is -1.73. The first-order chi connectivity index (χ1) is 11.6. The molecule has 1 fully saturated rings. The van der Waals surface area contributed by atoms with Crippen molar-refractivity contribution in [3.63, 3.8) is 0 Å². The number of rotatable bonds is 5. The molecule has 126 valence electrons. The quantitative estimate of drug-likeness (QED) is 0.651. The van der Waals surface area contributed by atoms with Gasteiger partial charge in [0.15, 0.2) is 10.9 Å². The first-order valence-electron chi connectivity index (χ1n) is 7.96. The lowest BCUT2D eigenvalue weighted by molar-refractivity contribution is 0.0928. The molecular weight excluding hydrogens is 342 g/mol. The summed E-state index contributed by atoms with van der Waals surface area (Å²) >= 11 is 3.04. The molecule has 2 aromatic rings. The van der Waals surface area contributed by atoms with Crippen LogP contribution in [-0.2, 0) is 0 Å². The first kappa shape index (κ1) is 17.1. The van der Waals surface area contributed by atoms with E-state index in [1.54, 1.807) is 35.6 Å². The minimum atomic E-state index is -0.0822. The molecule has 2 aromatic heterocycles. The second-order valence-electron chi connectivity index (χ2n) is 5.85. The molecule has 0 bridgehead atoms. The molecule has 3 rings (SSSR count). The molecule has 24 heavy (non-hydrogen) atoms. The molecule has 0 atom stereocenters. The minimum absolute atomic E-state index is 0.000265. The van der Waals surface area contributed by atoms with Crippen LogP contribution in [0.1, 0.15) is 52.6 Å². The van der Waals surface area contributed by atoms with Gasteiger partial charge in [-0.1, -0.05) is 11.8 Å². The smallest absolute Gasteiger partial charge is 0.252 e. The molecule has 1 saturated carbocycles. The molecule has 0 radical (unpaired) electrons. The standard InChI is InChI=1S/C17H19N3O2S2/c1-11(21)15-9-12(10-23-15)16(22)20-13-3-5-14(6-4-13)24-17-18-7-2-8-19-17/h2,7-10,13-14H,3-6H2,1H3,(H,20,22). The zero-order valence-electron chi connectivity index (χ0n) is 13.4. The summed E-state index contributed by atoms with van der Waals surface area (Å²) in [5.41, 5.74) is 0.583. The van der Waals surface area contributed by atoms with Crippen LogP contribution in [0.25, 0.3) is 0 Å². The Morgan fingerprint density at radius 1 is 1.21 bits per heavy atom. The Morgan fingerprint density at radius 2 is 1.92 bits per heavy atom. The third kappa shape index (κ3) is 4.42. The predicted octanol–water partition coefficient (Wildman–Crippen LogP) is 3.57. The molecule has 0 spiro atoms. The number of carbonyl (C=O) groups excluding carboxylic acids is 2. The molecule has 5 nitrogen and oxygen atoms in total. The van der Waals surface area contributed by atoms with Gasteiger partial charge in [0, 0.05) is 29.1 Å². The fraction of sp³-hybridized carbons (Fsp3) is 0.412. The van der Waals surface area contributed by atoms with E-state index in [1.807, 2.05) is 6.07 Å². The number of hydrogen-bond acceptors (Lipinski definition) is 6. The number of thiophene rings is 1. The SMILES string of the molecule is CC(=O)c1cc(C(=O)NC2CCC(Sc3ncccn3)CC2)cs1.